The minimum absolute atomic E-state index is 0.0326. The molecule has 2 fully saturated rings. The molecule has 166 valence electrons. The Labute approximate surface area is 182 Å². The van der Waals surface area contributed by atoms with Crippen LogP contribution in [0.1, 0.15) is 36.5 Å². The summed E-state index contributed by atoms with van der Waals surface area (Å²) in [5.41, 5.74) is 2.04. The molecule has 7 heteroatoms. The van der Waals surface area contributed by atoms with E-state index in [1.54, 1.807) is 24.3 Å². The molecular weight excluding hydrogens is 394 g/mol. The van der Waals surface area contributed by atoms with Crippen LogP contribution in [0.3, 0.4) is 0 Å². The number of aliphatic hydroxyl groups is 3. The van der Waals surface area contributed by atoms with Gasteiger partial charge in [-0.2, -0.15) is 0 Å². The van der Waals surface area contributed by atoms with Crippen LogP contribution in [-0.4, -0.2) is 64.1 Å². The summed E-state index contributed by atoms with van der Waals surface area (Å²) in [4.78, 5) is 17.1. The van der Waals surface area contributed by atoms with Gasteiger partial charge in [0.15, 0.2) is 0 Å². The molecule has 31 heavy (non-hydrogen) atoms. The maximum absolute atomic E-state index is 12.7. The van der Waals surface area contributed by atoms with Crippen LogP contribution in [0.15, 0.2) is 54.6 Å². The van der Waals surface area contributed by atoms with Gasteiger partial charge in [-0.1, -0.05) is 42.5 Å². The van der Waals surface area contributed by atoms with Crippen LogP contribution >= 0.6 is 0 Å². The minimum atomic E-state index is -0.756. The molecule has 1 spiro atoms. The van der Waals surface area contributed by atoms with Crippen LogP contribution in [0.2, 0.25) is 0 Å². The van der Waals surface area contributed by atoms with Crippen molar-refractivity contribution in [3.05, 3.63) is 65.7 Å². The fourth-order valence-corrected chi connectivity index (χ4v) is 4.75. The zero-order valence-electron chi connectivity index (χ0n) is 17.7. The van der Waals surface area contributed by atoms with Gasteiger partial charge in [-0.25, -0.2) is 0 Å². The summed E-state index contributed by atoms with van der Waals surface area (Å²) in [6.45, 7) is 2.39. The second-order valence-electron chi connectivity index (χ2n) is 8.56. The van der Waals surface area contributed by atoms with Crippen LogP contribution in [0.5, 0.6) is 0 Å². The Balaban J connectivity index is 1.32. The summed E-state index contributed by atoms with van der Waals surface area (Å²) in [6, 6.07) is 17.1. The first-order chi connectivity index (χ1) is 15.0. The number of rotatable bonds is 7. The van der Waals surface area contributed by atoms with E-state index < -0.39 is 17.7 Å². The summed E-state index contributed by atoms with van der Waals surface area (Å²) >= 11 is 0. The zero-order chi connectivity index (χ0) is 21.8. The van der Waals surface area contributed by atoms with Crippen molar-refractivity contribution in [1.29, 1.82) is 0 Å². The predicted octanol–water partition coefficient (Wildman–Crippen LogP) is 1.39. The van der Waals surface area contributed by atoms with Crippen LogP contribution in [0.4, 0.5) is 5.69 Å². The first kappa shape index (κ1) is 21.8. The Morgan fingerprint density at radius 1 is 1.00 bits per heavy atom. The summed E-state index contributed by atoms with van der Waals surface area (Å²) in [5, 5.41) is 33.1. The predicted molar refractivity (Wildman–Crippen MR) is 118 cm³/mol. The van der Waals surface area contributed by atoms with Crippen molar-refractivity contribution < 1.29 is 20.1 Å². The molecule has 2 atom stereocenters. The fourth-order valence-electron chi connectivity index (χ4n) is 4.75. The number of nitrogens with one attached hydrogen (secondary N) is 1. The molecule has 0 unspecified atom stereocenters. The average molecular weight is 426 g/mol. The molecule has 4 N–H and O–H groups in total. The van der Waals surface area contributed by atoms with Gasteiger partial charge in [0.2, 0.25) is 5.91 Å². The maximum atomic E-state index is 12.7. The monoisotopic (exact) mass is 425 g/mol. The highest BCUT2D eigenvalue weighted by molar-refractivity contribution is 5.93. The van der Waals surface area contributed by atoms with Gasteiger partial charge in [-0.3, -0.25) is 4.79 Å². The number of aliphatic hydroxyl groups excluding tert-OH is 3. The first-order valence-electron chi connectivity index (χ1n) is 10.9. The third-order valence-corrected chi connectivity index (χ3v) is 6.60. The highest BCUT2D eigenvalue weighted by Gasteiger charge is 2.50. The number of carbonyl (C=O) groups excluding carboxylic acids is 1. The van der Waals surface area contributed by atoms with Gasteiger partial charge < -0.3 is 30.4 Å². The Kier molecular flexibility index (Phi) is 6.57. The number of amides is 1. The largest absolute Gasteiger partial charge is 0.392 e. The molecule has 2 saturated heterocycles. The van der Waals surface area contributed by atoms with Gasteiger partial charge in [0.25, 0.3) is 0 Å². The zero-order valence-corrected chi connectivity index (χ0v) is 17.7. The van der Waals surface area contributed by atoms with E-state index in [9.17, 15) is 15.0 Å². The average Bonchev–Trinajstić information content (AvgIpc) is 3.11. The molecule has 7 nitrogen and oxygen atoms in total. The third kappa shape index (κ3) is 4.60. The van der Waals surface area contributed by atoms with E-state index in [0.29, 0.717) is 26.1 Å². The molecule has 2 aromatic carbocycles. The van der Waals surface area contributed by atoms with E-state index in [4.69, 9.17) is 5.11 Å². The molecule has 0 saturated carbocycles. The summed E-state index contributed by atoms with van der Waals surface area (Å²) in [7, 11) is 0. The number of piperidine rings is 1. The number of para-hydroxylation sites is 1. The number of benzene rings is 2. The van der Waals surface area contributed by atoms with Crippen LogP contribution in [-0.2, 0) is 11.4 Å². The van der Waals surface area contributed by atoms with Crippen molar-refractivity contribution in [1.82, 2.24) is 10.2 Å². The second-order valence-corrected chi connectivity index (χ2v) is 8.56. The van der Waals surface area contributed by atoms with Crippen molar-refractivity contribution in [2.24, 2.45) is 0 Å². The van der Waals surface area contributed by atoms with E-state index in [2.05, 4.69) is 15.1 Å². The van der Waals surface area contributed by atoms with Gasteiger partial charge in [0.1, 0.15) is 5.54 Å². The van der Waals surface area contributed by atoms with Crippen molar-refractivity contribution in [2.75, 3.05) is 31.2 Å². The molecule has 0 bridgehead atoms. The fraction of sp³-hybridized carbons (Fsp3) is 0.458. The summed E-state index contributed by atoms with van der Waals surface area (Å²) in [5.74, 6) is 0.0818. The number of anilines is 1. The van der Waals surface area contributed by atoms with Crippen LogP contribution in [0.25, 0.3) is 0 Å². The molecule has 2 aliphatic rings. The summed E-state index contributed by atoms with van der Waals surface area (Å²) in [6.07, 6.45) is 0.228. The van der Waals surface area contributed by atoms with E-state index in [1.165, 1.54) is 0 Å². The Hall–Kier alpha value is -2.45. The lowest BCUT2D eigenvalue weighted by Gasteiger charge is -2.43. The number of nitrogens with zero attached hydrogens (tertiary/aromatic N) is 2. The highest BCUT2D eigenvalue weighted by Crippen LogP contribution is 2.36. The molecule has 0 aromatic heterocycles. The third-order valence-electron chi connectivity index (χ3n) is 6.60. The van der Waals surface area contributed by atoms with E-state index in [1.807, 2.05) is 30.3 Å². The molecule has 2 aliphatic heterocycles. The molecule has 1 amide bonds. The van der Waals surface area contributed by atoms with Crippen molar-refractivity contribution in [2.45, 2.75) is 43.6 Å². The van der Waals surface area contributed by atoms with Crippen LogP contribution < -0.4 is 10.2 Å². The van der Waals surface area contributed by atoms with Gasteiger partial charge in [-0.05, 0) is 36.1 Å². The second kappa shape index (κ2) is 9.36. The van der Waals surface area contributed by atoms with Gasteiger partial charge in [0.05, 0.1) is 25.5 Å². The SMILES string of the molecule is O=C1NCN(c2ccccc2)C12CCN(C[C@H](O)C[C@H](O)c1ccc(CO)cc1)CC2. The first-order valence-corrected chi connectivity index (χ1v) is 10.9. The Morgan fingerprint density at radius 3 is 2.32 bits per heavy atom. The molecule has 4 rings (SSSR count). The lowest BCUT2D eigenvalue weighted by Crippen LogP contribution is -2.57. The minimum Gasteiger partial charge on any atom is -0.392 e. The van der Waals surface area contributed by atoms with Gasteiger partial charge in [-0.15, -0.1) is 0 Å². The van der Waals surface area contributed by atoms with E-state index >= 15 is 0 Å². The number of carbonyl (C=O) groups is 1. The molecule has 0 radical (unpaired) electrons. The summed E-state index contributed by atoms with van der Waals surface area (Å²) < 4.78 is 0. The topological polar surface area (TPSA) is 96.3 Å². The normalized spacial score (nSPS) is 20.6. The Morgan fingerprint density at radius 2 is 1.68 bits per heavy atom. The van der Waals surface area contributed by atoms with E-state index in [-0.39, 0.29) is 18.9 Å². The highest BCUT2D eigenvalue weighted by atomic mass is 16.3. The Bertz CT molecular complexity index is 866. The van der Waals surface area contributed by atoms with Crippen molar-refractivity contribution >= 4 is 11.6 Å². The maximum Gasteiger partial charge on any atom is 0.247 e. The van der Waals surface area contributed by atoms with Crippen LogP contribution in [0, 0.1) is 0 Å². The number of hydrogen-bond donors (Lipinski definition) is 4. The van der Waals surface area contributed by atoms with Crippen molar-refractivity contribution in [3.63, 3.8) is 0 Å². The van der Waals surface area contributed by atoms with Crippen molar-refractivity contribution in [3.8, 4) is 0 Å². The molecular formula is C24H31N3O4. The smallest absolute Gasteiger partial charge is 0.247 e. The number of hydrogen-bond acceptors (Lipinski definition) is 6. The number of likely N-dealkylation sites (tertiary alicyclic amines) is 1. The molecule has 0 aliphatic carbocycles. The van der Waals surface area contributed by atoms with E-state index in [0.717, 1.165) is 29.9 Å². The molecule has 2 aromatic rings. The lowest BCUT2D eigenvalue weighted by molar-refractivity contribution is -0.125. The lowest BCUT2D eigenvalue weighted by atomic mass is 9.85. The van der Waals surface area contributed by atoms with Gasteiger partial charge in [0, 0.05) is 31.7 Å². The van der Waals surface area contributed by atoms with Gasteiger partial charge >= 0.3 is 0 Å². The molecule has 2 heterocycles. The quantitative estimate of drug-likeness (QED) is 0.536. The number of β-amino-alcohol motifs (C(OH)–C–C–N with tert-alkyl or cyclic N) is 1. The standard InChI is InChI=1S/C24H31N3O4/c28-16-18-6-8-19(9-7-18)22(30)14-21(29)15-26-12-10-24(11-13-26)23(31)25-17-27(24)20-4-2-1-3-5-20/h1-9,21-22,28-30H,10-17H2,(H,25,31)/t21-,22+/m1/s1.